The van der Waals surface area contributed by atoms with Crippen LogP contribution in [0.3, 0.4) is 0 Å². The second kappa shape index (κ2) is 6.35. The first-order valence-electron chi connectivity index (χ1n) is 7.16. The molecule has 2 aromatic heterocycles. The molecule has 0 N–H and O–H groups in total. The molecule has 3 heterocycles. The van der Waals surface area contributed by atoms with Crippen LogP contribution in [0, 0.1) is 24.2 Å². The van der Waals surface area contributed by atoms with Gasteiger partial charge in [-0.15, -0.1) is 5.10 Å². The van der Waals surface area contributed by atoms with E-state index in [1.54, 1.807) is 12.3 Å². The molecule has 0 spiro atoms. The Morgan fingerprint density at radius 2 is 2.27 bits per heavy atom. The molecule has 112 valence electrons. The maximum Gasteiger partial charge on any atom is 0.233 e. The number of rotatable bonds is 4. The van der Waals surface area contributed by atoms with E-state index in [0.717, 1.165) is 25.2 Å². The lowest BCUT2D eigenvalue weighted by atomic mass is 10.1. The summed E-state index contributed by atoms with van der Waals surface area (Å²) in [6.45, 7) is 4.16. The number of ether oxygens (including phenoxy) is 1. The Morgan fingerprint density at radius 1 is 1.36 bits per heavy atom. The second-order valence-electron chi connectivity index (χ2n) is 5.28. The molecule has 1 saturated heterocycles. The van der Waals surface area contributed by atoms with Gasteiger partial charge in [0.05, 0.1) is 12.3 Å². The Hall–Kier alpha value is -2.75. The normalized spacial score (nSPS) is 17.3. The highest BCUT2D eigenvalue weighted by atomic mass is 16.5. The SMILES string of the molecule is Cc1ccc(OCC2CCN(c3nccc(C#N)n3)C2)nn1. The van der Waals surface area contributed by atoms with Gasteiger partial charge in [-0.25, -0.2) is 9.97 Å². The summed E-state index contributed by atoms with van der Waals surface area (Å²) in [7, 11) is 0. The van der Waals surface area contributed by atoms with Crippen LogP contribution in [0.1, 0.15) is 17.8 Å². The highest BCUT2D eigenvalue weighted by Gasteiger charge is 2.25. The van der Waals surface area contributed by atoms with Gasteiger partial charge in [0.1, 0.15) is 11.8 Å². The van der Waals surface area contributed by atoms with Gasteiger partial charge in [-0.1, -0.05) is 0 Å². The van der Waals surface area contributed by atoms with Crippen molar-refractivity contribution in [1.29, 1.82) is 5.26 Å². The van der Waals surface area contributed by atoms with Crippen molar-refractivity contribution in [1.82, 2.24) is 20.2 Å². The summed E-state index contributed by atoms with van der Waals surface area (Å²) in [6, 6.07) is 7.35. The highest BCUT2D eigenvalue weighted by molar-refractivity contribution is 5.34. The number of nitrogens with zero attached hydrogens (tertiary/aromatic N) is 6. The molecule has 1 fully saturated rings. The molecule has 22 heavy (non-hydrogen) atoms. The van der Waals surface area contributed by atoms with Crippen LogP contribution < -0.4 is 9.64 Å². The van der Waals surface area contributed by atoms with Crippen molar-refractivity contribution in [3.63, 3.8) is 0 Å². The Kier molecular flexibility index (Phi) is 4.10. The van der Waals surface area contributed by atoms with Crippen LogP contribution in [0.5, 0.6) is 5.88 Å². The van der Waals surface area contributed by atoms with E-state index in [0.29, 0.717) is 30.0 Å². The molecular weight excluding hydrogens is 280 g/mol. The molecule has 0 bridgehead atoms. The van der Waals surface area contributed by atoms with Gasteiger partial charge >= 0.3 is 0 Å². The summed E-state index contributed by atoms with van der Waals surface area (Å²) >= 11 is 0. The first kappa shape index (κ1) is 14.2. The minimum Gasteiger partial charge on any atom is -0.476 e. The third kappa shape index (κ3) is 3.28. The average Bonchev–Trinajstić information content (AvgIpc) is 3.03. The van der Waals surface area contributed by atoms with Crippen molar-refractivity contribution in [3.05, 3.63) is 35.8 Å². The minimum absolute atomic E-state index is 0.387. The molecule has 1 aliphatic heterocycles. The predicted octanol–water partition coefficient (Wildman–Crippen LogP) is 1.35. The summed E-state index contributed by atoms with van der Waals surface area (Å²) in [6.07, 6.45) is 2.62. The lowest BCUT2D eigenvalue weighted by Gasteiger charge is -2.16. The zero-order chi connectivity index (χ0) is 15.4. The number of aromatic nitrogens is 4. The molecule has 0 radical (unpaired) electrons. The van der Waals surface area contributed by atoms with Crippen molar-refractivity contribution in [2.45, 2.75) is 13.3 Å². The third-order valence-corrected chi connectivity index (χ3v) is 3.57. The van der Waals surface area contributed by atoms with Gasteiger partial charge in [0.25, 0.3) is 0 Å². The van der Waals surface area contributed by atoms with E-state index in [1.807, 2.05) is 25.1 Å². The molecule has 3 rings (SSSR count). The van der Waals surface area contributed by atoms with Gasteiger partial charge in [-0.2, -0.15) is 10.4 Å². The quantitative estimate of drug-likeness (QED) is 0.841. The number of aryl methyl sites for hydroxylation is 1. The van der Waals surface area contributed by atoms with Crippen LogP contribution >= 0.6 is 0 Å². The molecule has 7 heteroatoms. The lowest BCUT2D eigenvalue weighted by molar-refractivity contribution is 0.249. The van der Waals surface area contributed by atoms with E-state index in [9.17, 15) is 0 Å². The molecule has 0 aliphatic carbocycles. The molecular formula is C15H16N6O. The van der Waals surface area contributed by atoms with E-state index < -0.39 is 0 Å². The number of hydrogen-bond donors (Lipinski definition) is 0. The Labute approximate surface area is 128 Å². The first-order valence-corrected chi connectivity index (χ1v) is 7.16. The monoisotopic (exact) mass is 296 g/mol. The van der Waals surface area contributed by atoms with Crippen LogP contribution in [-0.4, -0.2) is 39.9 Å². The Bertz CT molecular complexity index is 681. The van der Waals surface area contributed by atoms with E-state index in [4.69, 9.17) is 10.00 Å². The zero-order valence-corrected chi connectivity index (χ0v) is 12.3. The van der Waals surface area contributed by atoms with Gasteiger partial charge in [0, 0.05) is 31.3 Å². The molecule has 0 aromatic carbocycles. The van der Waals surface area contributed by atoms with Crippen molar-refractivity contribution >= 4 is 5.95 Å². The first-order chi connectivity index (χ1) is 10.7. The predicted molar refractivity (Wildman–Crippen MR) is 79.3 cm³/mol. The fourth-order valence-corrected chi connectivity index (χ4v) is 2.38. The number of nitriles is 1. The summed E-state index contributed by atoms with van der Waals surface area (Å²) in [5, 5.41) is 16.9. The van der Waals surface area contributed by atoms with Crippen molar-refractivity contribution in [2.75, 3.05) is 24.6 Å². The van der Waals surface area contributed by atoms with E-state index in [2.05, 4.69) is 25.1 Å². The number of anilines is 1. The van der Waals surface area contributed by atoms with E-state index >= 15 is 0 Å². The van der Waals surface area contributed by atoms with Crippen LogP contribution in [0.4, 0.5) is 5.95 Å². The topological polar surface area (TPSA) is 87.8 Å². The fraction of sp³-hybridized carbons (Fsp3) is 0.400. The molecule has 1 aliphatic rings. The highest BCUT2D eigenvalue weighted by Crippen LogP contribution is 2.21. The molecule has 0 saturated carbocycles. The summed E-state index contributed by atoms with van der Waals surface area (Å²) < 4.78 is 5.68. The summed E-state index contributed by atoms with van der Waals surface area (Å²) in [5.74, 6) is 1.54. The minimum atomic E-state index is 0.387. The van der Waals surface area contributed by atoms with Gasteiger partial charge in [-0.3, -0.25) is 0 Å². The van der Waals surface area contributed by atoms with Crippen molar-refractivity contribution in [2.24, 2.45) is 5.92 Å². The molecule has 1 unspecified atom stereocenters. The van der Waals surface area contributed by atoms with Crippen molar-refractivity contribution in [3.8, 4) is 11.9 Å². The fourth-order valence-electron chi connectivity index (χ4n) is 2.38. The maximum absolute atomic E-state index is 8.89. The molecule has 0 amide bonds. The summed E-state index contributed by atoms with van der Waals surface area (Å²) in [5.41, 5.74) is 1.26. The van der Waals surface area contributed by atoms with Gasteiger partial charge in [-0.05, 0) is 25.5 Å². The van der Waals surface area contributed by atoms with E-state index in [1.165, 1.54) is 0 Å². The van der Waals surface area contributed by atoms with Gasteiger partial charge in [0.15, 0.2) is 0 Å². The Balaban J connectivity index is 1.56. The van der Waals surface area contributed by atoms with Gasteiger partial charge < -0.3 is 9.64 Å². The van der Waals surface area contributed by atoms with Crippen LogP contribution in [0.25, 0.3) is 0 Å². The molecule has 2 aromatic rings. The second-order valence-corrected chi connectivity index (χ2v) is 5.28. The standard InChI is InChI=1S/C15H16N6O/c1-11-2-3-14(20-19-11)22-10-12-5-7-21(9-12)15-17-6-4-13(8-16)18-15/h2-4,6,12H,5,7,9-10H2,1H3. The van der Waals surface area contributed by atoms with Crippen LogP contribution in [0.2, 0.25) is 0 Å². The summed E-state index contributed by atoms with van der Waals surface area (Å²) in [4.78, 5) is 10.5. The molecule has 7 nitrogen and oxygen atoms in total. The maximum atomic E-state index is 8.89. The lowest BCUT2D eigenvalue weighted by Crippen LogP contribution is -2.24. The zero-order valence-electron chi connectivity index (χ0n) is 12.3. The average molecular weight is 296 g/mol. The van der Waals surface area contributed by atoms with Gasteiger partial charge in [0.2, 0.25) is 11.8 Å². The van der Waals surface area contributed by atoms with E-state index in [-0.39, 0.29) is 0 Å². The Morgan fingerprint density at radius 3 is 3.05 bits per heavy atom. The number of hydrogen-bond acceptors (Lipinski definition) is 7. The van der Waals surface area contributed by atoms with Crippen molar-refractivity contribution < 1.29 is 4.74 Å². The molecule has 1 atom stereocenters. The van der Waals surface area contributed by atoms with Crippen LogP contribution in [-0.2, 0) is 0 Å². The third-order valence-electron chi connectivity index (χ3n) is 3.57. The smallest absolute Gasteiger partial charge is 0.233 e. The van der Waals surface area contributed by atoms with Crippen LogP contribution in [0.15, 0.2) is 24.4 Å². The largest absolute Gasteiger partial charge is 0.476 e.